The normalized spacial score (nSPS) is 11.3. The summed E-state index contributed by atoms with van der Waals surface area (Å²) < 4.78 is 2.15. The fourth-order valence-corrected chi connectivity index (χ4v) is 3.15. The lowest BCUT2D eigenvalue weighted by atomic mass is 10.1. The first kappa shape index (κ1) is 14.6. The molecular formula is C19H19N5. The van der Waals surface area contributed by atoms with Crippen molar-refractivity contribution in [1.29, 1.82) is 0 Å². The first-order valence-electron chi connectivity index (χ1n) is 7.99. The summed E-state index contributed by atoms with van der Waals surface area (Å²) in [5.74, 6) is 1.83. The third-order valence-electron chi connectivity index (χ3n) is 4.39. The molecule has 4 rings (SSSR count). The van der Waals surface area contributed by atoms with Gasteiger partial charge in [-0.15, -0.1) is 0 Å². The van der Waals surface area contributed by atoms with Crippen LogP contribution in [0.5, 0.6) is 0 Å². The van der Waals surface area contributed by atoms with Crippen LogP contribution in [0.1, 0.15) is 17.0 Å². The second-order valence-electron chi connectivity index (χ2n) is 6.13. The highest BCUT2D eigenvalue weighted by atomic mass is 15.1. The van der Waals surface area contributed by atoms with Gasteiger partial charge in [-0.25, -0.2) is 15.0 Å². The number of hydrogen-bond acceptors (Lipinski definition) is 4. The zero-order valence-corrected chi connectivity index (χ0v) is 14.0. The van der Waals surface area contributed by atoms with Crippen LogP contribution in [0.15, 0.2) is 42.7 Å². The summed E-state index contributed by atoms with van der Waals surface area (Å²) >= 11 is 0. The summed E-state index contributed by atoms with van der Waals surface area (Å²) in [4.78, 5) is 13.5. The molecule has 1 N–H and O–H groups in total. The van der Waals surface area contributed by atoms with E-state index in [-0.39, 0.29) is 0 Å². The molecular weight excluding hydrogens is 298 g/mol. The maximum Gasteiger partial charge on any atom is 0.137 e. The molecule has 5 nitrogen and oxygen atoms in total. The highest BCUT2D eigenvalue weighted by Crippen LogP contribution is 2.22. The van der Waals surface area contributed by atoms with Crippen molar-refractivity contribution in [3.8, 4) is 0 Å². The van der Waals surface area contributed by atoms with E-state index >= 15 is 0 Å². The maximum absolute atomic E-state index is 4.74. The number of para-hydroxylation sites is 1. The number of fused-ring (bicyclic) bond motifs is 2. The summed E-state index contributed by atoms with van der Waals surface area (Å²) in [6.07, 6.45) is 1.60. The van der Waals surface area contributed by atoms with Gasteiger partial charge < -0.3 is 9.88 Å². The molecule has 2 aromatic heterocycles. The van der Waals surface area contributed by atoms with E-state index < -0.39 is 0 Å². The Bertz CT molecular complexity index is 1050. The molecule has 0 radical (unpaired) electrons. The van der Waals surface area contributed by atoms with Gasteiger partial charge in [-0.3, -0.25) is 0 Å². The van der Waals surface area contributed by atoms with Crippen molar-refractivity contribution in [2.75, 3.05) is 5.32 Å². The Morgan fingerprint density at radius 1 is 1.04 bits per heavy atom. The number of anilines is 1. The van der Waals surface area contributed by atoms with E-state index in [1.54, 1.807) is 6.33 Å². The molecule has 0 fully saturated rings. The van der Waals surface area contributed by atoms with Crippen molar-refractivity contribution < 1.29 is 0 Å². The SMILES string of the molecule is Cc1ccc2ncnc(NCc3nc4cccc(C)c4n3C)c2c1. The van der Waals surface area contributed by atoms with E-state index in [2.05, 4.69) is 65.0 Å². The van der Waals surface area contributed by atoms with Crippen LogP contribution in [-0.2, 0) is 13.6 Å². The minimum atomic E-state index is 0.616. The van der Waals surface area contributed by atoms with Gasteiger partial charge in [0.25, 0.3) is 0 Å². The molecule has 0 aliphatic heterocycles. The molecule has 0 aliphatic carbocycles. The molecule has 5 heteroatoms. The molecule has 0 aliphatic rings. The highest BCUT2D eigenvalue weighted by molar-refractivity contribution is 5.89. The minimum absolute atomic E-state index is 0.616. The monoisotopic (exact) mass is 317 g/mol. The standard InChI is InChI=1S/C19H19N5/c1-12-7-8-15-14(9-12)19(22-11-21-15)20-10-17-23-16-6-4-5-13(2)18(16)24(17)3/h4-9,11H,10H2,1-3H3,(H,20,21,22). The largest absolute Gasteiger partial charge is 0.362 e. The Morgan fingerprint density at radius 2 is 1.92 bits per heavy atom. The van der Waals surface area contributed by atoms with Gasteiger partial charge >= 0.3 is 0 Å². The maximum atomic E-state index is 4.74. The summed E-state index contributed by atoms with van der Waals surface area (Å²) in [6.45, 7) is 4.80. The average Bonchev–Trinajstić information content (AvgIpc) is 2.90. The van der Waals surface area contributed by atoms with Gasteiger partial charge in [-0.1, -0.05) is 23.8 Å². The Kier molecular flexibility index (Phi) is 3.41. The van der Waals surface area contributed by atoms with Crippen molar-refractivity contribution in [2.45, 2.75) is 20.4 Å². The molecule has 0 atom stereocenters. The number of hydrogen-bond donors (Lipinski definition) is 1. The van der Waals surface area contributed by atoms with Crippen LogP contribution in [0.4, 0.5) is 5.82 Å². The van der Waals surface area contributed by atoms with E-state index in [0.29, 0.717) is 6.54 Å². The molecule has 2 aromatic carbocycles. The third kappa shape index (κ3) is 2.38. The fraction of sp³-hybridized carbons (Fsp3) is 0.211. The van der Waals surface area contributed by atoms with Crippen LogP contribution in [0, 0.1) is 13.8 Å². The topological polar surface area (TPSA) is 55.6 Å². The quantitative estimate of drug-likeness (QED) is 0.625. The summed E-state index contributed by atoms with van der Waals surface area (Å²) in [5.41, 5.74) is 5.57. The van der Waals surface area contributed by atoms with E-state index in [1.807, 2.05) is 12.1 Å². The van der Waals surface area contributed by atoms with E-state index in [1.165, 1.54) is 16.6 Å². The van der Waals surface area contributed by atoms with Crippen molar-refractivity contribution in [2.24, 2.45) is 7.05 Å². The molecule has 4 aromatic rings. The molecule has 2 heterocycles. The number of imidazole rings is 1. The third-order valence-corrected chi connectivity index (χ3v) is 4.39. The number of benzene rings is 2. The first-order chi connectivity index (χ1) is 11.6. The lowest BCUT2D eigenvalue weighted by Gasteiger charge is -2.09. The number of aromatic nitrogens is 4. The number of nitrogens with one attached hydrogen (secondary N) is 1. The summed E-state index contributed by atoms with van der Waals surface area (Å²) in [5, 5.41) is 4.45. The van der Waals surface area contributed by atoms with Crippen molar-refractivity contribution in [1.82, 2.24) is 19.5 Å². The Labute approximate surface area is 140 Å². The van der Waals surface area contributed by atoms with Crippen LogP contribution in [0.25, 0.3) is 21.9 Å². The molecule has 24 heavy (non-hydrogen) atoms. The van der Waals surface area contributed by atoms with Crippen molar-refractivity contribution >= 4 is 27.8 Å². The lowest BCUT2D eigenvalue weighted by Crippen LogP contribution is -2.07. The molecule has 0 spiro atoms. The predicted octanol–water partition coefficient (Wildman–Crippen LogP) is 3.75. The average molecular weight is 317 g/mol. The molecule has 120 valence electrons. The Balaban J connectivity index is 1.70. The molecule has 0 bridgehead atoms. The van der Waals surface area contributed by atoms with Crippen molar-refractivity contribution in [3.63, 3.8) is 0 Å². The van der Waals surface area contributed by atoms with Crippen LogP contribution in [0.2, 0.25) is 0 Å². The van der Waals surface area contributed by atoms with Gasteiger partial charge in [0.15, 0.2) is 0 Å². The molecule has 0 saturated carbocycles. The molecule has 0 saturated heterocycles. The van der Waals surface area contributed by atoms with Crippen molar-refractivity contribution in [3.05, 3.63) is 59.7 Å². The van der Waals surface area contributed by atoms with E-state index in [9.17, 15) is 0 Å². The van der Waals surface area contributed by atoms with Crippen LogP contribution < -0.4 is 5.32 Å². The fourth-order valence-electron chi connectivity index (χ4n) is 3.15. The highest BCUT2D eigenvalue weighted by Gasteiger charge is 2.10. The Hall–Kier alpha value is -2.95. The molecule has 0 amide bonds. The number of rotatable bonds is 3. The number of aryl methyl sites for hydroxylation is 3. The predicted molar refractivity (Wildman–Crippen MR) is 97.1 cm³/mol. The first-order valence-corrected chi connectivity index (χ1v) is 7.99. The minimum Gasteiger partial charge on any atom is -0.362 e. The van der Waals surface area contributed by atoms with Crippen LogP contribution in [-0.4, -0.2) is 19.5 Å². The summed E-state index contributed by atoms with van der Waals surface area (Å²) in [7, 11) is 2.06. The van der Waals surface area contributed by atoms with E-state index in [0.717, 1.165) is 28.1 Å². The van der Waals surface area contributed by atoms with Crippen LogP contribution in [0.3, 0.4) is 0 Å². The van der Waals surface area contributed by atoms with Crippen LogP contribution >= 0.6 is 0 Å². The van der Waals surface area contributed by atoms with Gasteiger partial charge in [-0.2, -0.15) is 0 Å². The second kappa shape index (κ2) is 5.60. The zero-order valence-electron chi connectivity index (χ0n) is 14.0. The molecule has 0 unspecified atom stereocenters. The number of nitrogens with zero attached hydrogens (tertiary/aromatic N) is 4. The lowest BCUT2D eigenvalue weighted by molar-refractivity contribution is 0.830. The van der Waals surface area contributed by atoms with Gasteiger partial charge in [-0.05, 0) is 37.6 Å². The van der Waals surface area contributed by atoms with Gasteiger partial charge in [0.2, 0.25) is 0 Å². The Morgan fingerprint density at radius 3 is 2.75 bits per heavy atom. The second-order valence-corrected chi connectivity index (χ2v) is 6.13. The van der Waals surface area contributed by atoms with E-state index in [4.69, 9.17) is 4.98 Å². The summed E-state index contributed by atoms with van der Waals surface area (Å²) in [6, 6.07) is 12.4. The van der Waals surface area contributed by atoms with Gasteiger partial charge in [0, 0.05) is 12.4 Å². The zero-order chi connectivity index (χ0) is 16.7. The van der Waals surface area contributed by atoms with Gasteiger partial charge in [0.05, 0.1) is 23.1 Å². The smallest absolute Gasteiger partial charge is 0.137 e. The van der Waals surface area contributed by atoms with Gasteiger partial charge in [0.1, 0.15) is 18.0 Å².